The predicted molar refractivity (Wildman–Crippen MR) is 118 cm³/mol. The van der Waals surface area contributed by atoms with E-state index in [1.165, 1.54) is 17.7 Å². The van der Waals surface area contributed by atoms with Gasteiger partial charge in [-0.15, -0.1) is 0 Å². The van der Waals surface area contributed by atoms with Gasteiger partial charge in [0.2, 0.25) is 5.91 Å². The van der Waals surface area contributed by atoms with Gasteiger partial charge in [0.05, 0.1) is 14.2 Å². The third kappa shape index (κ3) is 7.52. The van der Waals surface area contributed by atoms with Crippen molar-refractivity contribution in [2.75, 3.05) is 40.9 Å². The number of benzene rings is 2. The second-order valence-electron chi connectivity index (χ2n) is 7.23. The second kappa shape index (κ2) is 12.0. The number of nitrogens with one attached hydrogen (secondary N) is 1. The average Bonchev–Trinajstić information content (AvgIpc) is 2.76. The maximum Gasteiger partial charge on any atom is 0.246 e. The van der Waals surface area contributed by atoms with Gasteiger partial charge in [-0.2, -0.15) is 0 Å². The number of methoxy groups -OCH3 is 2. The Labute approximate surface area is 178 Å². The summed E-state index contributed by atoms with van der Waals surface area (Å²) < 4.78 is 23.6. The van der Waals surface area contributed by atoms with Crippen LogP contribution >= 0.6 is 0 Å². The summed E-state index contributed by atoms with van der Waals surface area (Å²) in [6, 6.07) is 12.0. The minimum atomic E-state index is -0.287. The molecule has 0 aromatic heterocycles. The lowest BCUT2D eigenvalue weighted by atomic mass is 10.1. The predicted octanol–water partition coefficient (Wildman–Crippen LogP) is 3.93. The van der Waals surface area contributed by atoms with Crippen LogP contribution in [0, 0.1) is 5.82 Å². The molecule has 0 radical (unpaired) electrons. The van der Waals surface area contributed by atoms with Crippen LogP contribution < -0.4 is 14.8 Å². The van der Waals surface area contributed by atoms with Gasteiger partial charge in [-0.3, -0.25) is 4.79 Å². The van der Waals surface area contributed by atoms with Crippen molar-refractivity contribution in [1.29, 1.82) is 0 Å². The minimum absolute atomic E-state index is 0.104. The normalized spacial score (nSPS) is 11.5. The maximum atomic E-state index is 13.0. The summed E-state index contributed by atoms with van der Waals surface area (Å²) in [5.41, 5.74) is 2.59. The quantitative estimate of drug-likeness (QED) is 0.447. The molecule has 0 fully saturated rings. The molecule has 1 N–H and O–H groups in total. The Hall–Kier alpha value is -2.86. The molecular formula is C24H31FN2O3. The highest BCUT2D eigenvalue weighted by Gasteiger charge is 2.07. The molecule has 0 atom stereocenters. The Kier molecular flexibility index (Phi) is 9.35. The number of halogens is 1. The van der Waals surface area contributed by atoms with Gasteiger partial charge in [0.25, 0.3) is 0 Å². The van der Waals surface area contributed by atoms with E-state index in [1.807, 2.05) is 18.2 Å². The number of hydrogen-bond acceptors (Lipinski definition) is 4. The number of rotatable bonds is 11. The van der Waals surface area contributed by atoms with Crippen molar-refractivity contribution in [1.82, 2.24) is 10.2 Å². The van der Waals surface area contributed by atoms with Gasteiger partial charge in [-0.25, -0.2) is 4.39 Å². The van der Waals surface area contributed by atoms with Crippen LogP contribution in [0.15, 0.2) is 48.0 Å². The van der Waals surface area contributed by atoms with E-state index in [2.05, 4.69) is 17.3 Å². The summed E-state index contributed by atoms with van der Waals surface area (Å²) in [7, 11) is 5.34. The van der Waals surface area contributed by atoms with Crippen LogP contribution in [0.25, 0.3) is 6.08 Å². The molecule has 0 aliphatic heterocycles. The summed E-state index contributed by atoms with van der Waals surface area (Å²) in [4.78, 5) is 14.4. The Morgan fingerprint density at radius 1 is 1.07 bits per heavy atom. The van der Waals surface area contributed by atoms with Crippen molar-refractivity contribution >= 4 is 12.0 Å². The Bertz CT molecular complexity index is 850. The zero-order valence-electron chi connectivity index (χ0n) is 18.2. The van der Waals surface area contributed by atoms with E-state index in [1.54, 1.807) is 39.4 Å². The van der Waals surface area contributed by atoms with Gasteiger partial charge >= 0.3 is 0 Å². The first-order chi connectivity index (χ1) is 14.4. The second-order valence-corrected chi connectivity index (χ2v) is 7.23. The number of carbonyl (C=O) groups excluding carboxylic acids is 1. The molecule has 5 nitrogen and oxygen atoms in total. The van der Waals surface area contributed by atoms with Gasteiger partial charge in [-0.1, -0.05) is 18.2 Å². The standard InChI is InChI=1S/C24H31FN2O3/c1-18(16-19-6-9-21(25)10-7-19)24(28)26-13-5-14-27(2)15-12-20-8-11-22(29-3)23(17-20)30-4/h6-11,16-17H,5,12-15H2,1-4H3,(H,26,28). The number of carbonyl (C=O) groups is 1. The first-order valence-electron chi connectivity index (χ1n) is 10.0. The van der Waals surface area contributed by atoms with Crippen molar-refractivity contribution in [3.05, 3.63) is 65.0 Å². The Morgan fingerprint density at radius 2 is 1.77 bits per heavy atom. The Morgan fingerprint density at radius 3 is 2.43 bits per heavy atom. The number of likely N-dealkylation sites (N-methyl/N-ethyl adjacent to an activating group) is 1. The molecule has 30 heavy (non-hydrogen) atoms. The molecule has 0 aliphatic carbocycles. The Balaban J connectivity index is 1.69. The number of hydrogen-bond donors (Lipinski definition) is 1. The van der Waals surface area contributed by atoms with Crippen LogP contribution in [0.2, 0.25) is 0 Å². The summed E-state index contributed by atoms with van der Waals surface area (Å²) in [5, 5.41) is 2.93. The first-order valence-corrected chi connectivity index (χ1v) is 10.0. The maximum absolute atomic E-state index is 13.0. The zero-order valence-corrected chi connectivity index (χ0v) is 18.2. The van der Waals surface area contributed by atoms with Gasteiger partial charge in [0, 0.05) is 18.7 Å². The fourth-order valence-electron chi connectivity index (χ4n) is 3.03. The van der Waals surface area contributed by atoms with E-state index in [9.17, 15) is 9.18 Å². The summed E-state index contributed by atoms with van der Waals surface area (Å²) in [5.74, 6) is 1.08. The van der Waals surface area contributed by atoms with Crippen molar-refractivity contribution < 1.29 is 18.7 Å². The highest BCUT2D eigenvalue weighted by Crippen LogP contribution is 2.27. The first kappa shape index (κ1) is 23.4. The number of ether oxygens (including phenoxy) is 2. The van der Waals surface area contributed by atoms with Crippen LogP contribution in [0.1, 0.15) is 24.5 Å². The highest BCUT2D eigenvalue weighted by molar-refractivity contribution is 5.97. The molecule has 0 heterocycles. The van der Waals surface area contributed by atoms with Crippen LogP contribution in [-0.4, -0.2) is 51.7 Å². The average molecular weight is 415 g/mol. The van der Waals surface area contributed by atoms with E-state index < -0.39 is 0 Å². The molecule has 0 bridgehead atoms. The van der Waals surface area contributed by atoms with Crippen molar-refractivity contribution in [3.63, 3.8) is 0 Å². The van der Waals surface area contributed by atoms with Crippen molar-refractivity contribution in [2.24, 2.45) is 0 Å². The van der Waals surface area contributed by atoms with E-state index in [4.69, 9.17) is 9.47 Å². The summed E-state index contributed by atoms with van der Waals surface area (Å²) in [6.07, 6.45) is 3.52. The molecule has 0 saturated carbocycles. The molecule has 0 saturated heterocycles. The summed E-state index contributed by atoms with van der Waals surface area (Å²) in [6.45, 7) is 4.16. The minimum Gasteiger partial charge on any atom is -0.493 e. The molecule has 6 heteroatoms. The van der Waals surface area contributed by atoms with E-state index >= 15 is 0 Å². The lowest BCUT2D eigenvalue weighted by molar-refractivity contribution is -0.117. The fraction of sp³-hybridized carbons (Fsp3) is 0.375. The van der Waals surface area contributed by atoms with E-state index in [0.717, 1.165) is 43.0 Å². The smallest absolute Gasteiger partial charge is 0.246 e. The molecule has 2 rings (SSSR count). The van der Waals surface area contributed by atoms with Gasteiger partial charge in [-0.05, 0) is 74.8 Å². The molecule has 0 aliphatic rings. The number of amides is 1. The van der Waals surface area contributed by atoms with E-state index in [0.29, 0.717) is 12.1 Å². The topological polar surface area (TPSA) is 50.8 Å². The molecule has 2 aromatic carbocycles. The molecule has 0 spiro atoms. The molecule has 2 aromatic rings. The van der Waals surface area contributed by atoms with Gasteiger partial charge in [0.1, 0.15) is 5.82 Å². The molecule has 0 unspecified atom stereocenters. The lowest BCUT2D eigenvalue weighted by Gasteiger charge is -2.17. The van der Waals surface area contributed by atoms with Gasteiger partial charge < -0.3 is 19.7 Å². The number of nitrogens with zero attached hydrogens (tertiary/aromatic N) is 1. The summed E-state index contributed by atoms with van der Waals surface area (Å²) >= 11 is 0. The fourth-order valence-corrected chi connectivity index (χ4v) is 3.03. The van der Waals surface area contributed by atoms with Crippen molar-refractivity contribution in [2.45, 2.75) is 19.8 Å². The SMILES string of the molecule is COc1ccc(CCN(C)CCCNC(=O)C(C)=Cc2ccc(F)cc2)cc1OC. The monoisotopic (exact) mass is 414 g/mol. The lowest BCUT2D eigenvalue weighted by Crippen LogP contribution is -2.29. The van der Waals surface area contributed by atoms with Crippen LogP contribution in [0.3, 0.4) is 0 Å². The molecular weight excluding hydrogens is 383 g/mol. The van der Waals surface area contributed by atoms with Crippen LogP contribution in [-0.2, 0) is 11.2 Å². The highest BCUT2D eigenvalue weighted by atomic mass is 19.1. The van der Waals surface area contributed by atoms with Crippen LogP contribution in [0.4, 0.5) is 4.39 Å². The van der Waals surface area contributed by atoms with E-state index in [-0.39, 0.29) is 11.7 Å². The molecule has 162 valence electrons. The largest absolute Gasteiger partial charge is 0.493 e. The third-order valence-corrected chi connectivity index (χ3v) is 4.84. The van der Waals surface area contributed by atoms with Crippen molar-refractivity contribution in [3.8, 4) is 11.5 Å². The molecule has 1 amide bonds. The van der Waals surface area contributed by atoms with Gasteiger partial charge in [0.15, 0.2) is 11.5 Å². The zero-order chi connectivity index (χ0) is 21.9. The third-order valence-electron chi connectivity index (χ3n) is 4.84. The van der Waals surface area contributed by atoms with Crippen LogP contribution in [0.5, 0.6) is 11.5 Å².